The molecule has 1 unspecified atom stereocenters. The SMILES string of the molecule is CC(=O)O[C@@H](C)/C=C\C(=O)N[C@@H]1CC(C)[C@H](C/C=C(\C)C=O)O[C@@H]1C. The lowest BCUT2D eigenvalue weighted by Gasteiger charge is -2.39. The Balaban J connectivity index is 2.53. The second kappa shape index (κ2) is 10.1. The third-order valence-electron chi connectivity index (χ3n) is 4.27. The molecular formula is C19H29NO5. The second-order valence-corrected chi connectivity index (χ2v) is 6.68. The van der Waals surface area contributed by atoms with Crippen molar-refractivity contribution in [3.63, 3.8) is 0 Å². The molecule has 0 saturated carbocycles. The molecule has 1 fully saturated rings. The average Bonchev–Trinajstić information content (AvgIpc) is 2.53. The van der Waals surface area contributed by atoms with Crippen molar-refractivity contribution in [1.82, 2.24) is 5.32 Å². The number of hydrogen-bond donors (Lipinski definition) is 1. The third kappa shape index (κ3) is 7.65. The topological polar surface area (TPSA) is 81.7 Å². The van der Waals surface area contributed by atoms with Crippen molar-refractivity contribution in [2.45, 2.75) is 71.8 Å². The van der Waals surface area contributed by atoms with Gasteiger partial charge in [-0.05, 0) is 51.2 Å². The Morgan fingerprint density at radius 2 is 2.00 bits per heavy atom. The predicted octanol–water partition coefficient (Wildman–Crippen LogP) is 2.33. The fourth-order valence-corrected chi connectivity index (χ4v) is 2.82. The Morgan fingerprint density at radius 3 is 2.60 bits per heavy atom. The summed E-state index contributed by atoms with van der Waals surface area (Å²) >= 11 is 0. The molecule has 6 nitrogen and oxygen atoms in total. The summed E-state index contributed by atoms with van der Waals surface area (Å²) in [7, 11) is 0. The Morgan fingerprint density at radius 1 is 1.32 bits per heavy atom. The van der Waals surface area contributed by atoms with Gasteiger partial charge in [-0.2, -0.15) is 0 Å². The molecule has 0 aromatic heterocycles. The van der Waals surface area contributed by atoms with Crippen molar-refractivity contribution in [3.8, 4) is 0 Å². The van der Waals surface area contributed by atoms with Crippen LogP contribution in [0.15, 0.2) is 23.8 Å². The van der Waals surface area contributed by atoms with Crippen LogP contribution in [0.5, 0.6) is 0 Å². The van der Waals surface area contributed by atoms with Gasteiger partial charge in [-0.25, -0.2) is 0 Å². The molecule has 0 aliphatic carbocycles. The van der Waals surface area contributed by atoms with Gasteiger partial charge in [0.25, 0.3) is 0 Å². The smallest absolute Gasteiger partial charge is 0.303 e. The largest absolute Gasteiger partial charge is 0.459 e. The van der Waals surface area contributed by atoms with E-state index in [1.807, 2.05) is 13.0 Å². The van der Waals surface area contributed by atoms with Crippen LogP contribution >= 0.6 is 0 Å². The van der Waals surface area contributed by atoms with Crippen molar-refractivity contribution in [1.29, 1.82) is 0 Å². The number of nitrogens with one attached hydrogen (secondary N) is 1. The summed E-state index contributed by atoms with van der Waals surface area (Å²) in [4.78, 5) is 33.6. The summed E-state index contributed by atoms with van der Waals surface area (Å²) in [5, 5.41) is 2.94. The fourth-order valence-electron chi connectivity index (χ4n) is 2.82. The highest BCUT2D eigenvalue weighted by atomic mass is 16.5. The van der Waals surface area contributed by atoms with E-state index in [9.17, 15) is 14.4 Å². The molecule has 6 heteroatoms. The Hall–Kier alpha value is -1.95. The number of aldehydes is 1. The van der Waals surface area contributed by atoms with E-state index in [1.54, 1.807) is 19.9 Å². The van der Waals surface area contributed by atoms with Gasteiger partial charge in [0, 0.05) is 13.0 Å². The summed E-state index contributed by atoms with van der Waals surface area (Å²) in [6.45, 7) is 8.81. The first-order valence-corrected chi connectivity index (χ1v) is 8.66. The number of rotatable bonds is 7. The van der Waals surface area contributed by atoms with Gasteiger partial charge in [-0.15, -0.1) is 0 Å². The molecular weight excluding hydrogens is 322 g/mol. The maximum atomic E-state index is 12.0. The van der Waals surface area contributed by atoms with Crippen molar-refractivity contribution >= 4 is 18.2 Å². The van der Waals surface area contributed by atoms with Gasteiger partial charge in [0.15, 0.2) is 0 Å². The highest BCUT2D eigenvalue weighted by Gasteiger charge is 2.33. The Kier molecular flexibility index (Phi) is 8.55. The zero-order valence-corrected chi connectivity index (χ0v) is 15.7. The molecule has 0 bridgehead atoms. The van der Waals surface area contributed by atoms with Crippen molar-refractivity contribution < 1.29 is 23.9 Å². The van der Waals surface area contributed by atoms with Crippen LogP contribution in [0.1, 0.15) is 47.5 Å². The number of carbonyl (C=O) groups is 3. The average molecular weight is 351 g/mol. The predicted molar refractivity (Wildman–Crippen MR) is 94.9 cm³/mol. The molecule has 0 spiro atoms. The van der Waals surface area contributed by atoms with E-state index in [0.29, 0.717) is 12.0 Å². The van der Waals surface area contributed by atoms with E-state index in [1.165, 1.54) is 13.0 Å². The van der Waals surface area contributed by atoms with Crippen LogP contribution in [0.3, 0.4) is 0 Å². The molecule has 140 valence electrons. The molecule has 1 rings (SSSR count). The minimum absolute atomic E-state index is 0.0394. The third-order valence-corrected chi connectivity index (χ3v) is 4.27. The van der Waals surface area contributed by atoms with E-state index in [2.05, 4.69) is 12.2 Å². The normalized spacial score (nSPS) is 28.4. The summed E-state index contributed by atoms with van der Waals surface area (Å²) < 4.78 is 11.0. The van der Waals surface area contributed by atoms with Gasteiger partial charge in [-0.3, -0.25) is 14.4 Å². The summed E-state index contributed by atoms with van der Waals surface area (Å²) in [6, 6.07) is -0.0800. The molecule has 1 aliphatic rings. The second-order valence-electron chi connectivity index (χ2n) is 6.68. The quantitative estimate of drug-likeness (QED) is 0.432. The van der Waals surface area contributed by atoms with Gasteiger partial charge < -0.3 is 14.8 Å². The minimum Gasteiger partial charge on any atom is -0.459 e. The van der Waals surface area contributed by atoms with Crippen LogP contribution in [-0.2, 0) is 23.9 Å². The van der Waals surface area contributed by atoms with Gasteiger partial charge in [-0.1, -0.05) is 13.0 Å². The zero-order chi connectivity index (χ0) is 19.0. The van der Waals surface area contributed by atoms with Crippen LogP contribution in [0.4, 0.5) is 0 Å². The van der Waals surface area contributed by atoms with E-state index in [-0.39, 0.29) is 36.0 Å². The lowest BCUT2D eigenvalue weighted by molar-refractivity contribution is -0.143. The van der Waals surface area contributed by atoms with Crippen molar-refractivity contribution in [2.24, 2.45) is 5.92 Å². The van der Waals surface area contributed by atoms with Gasteiger partial charge in [0.1, 0.15) is 12.4 Å². The van der Waals surface area contributed by atoms with Crippen LogP contribution in [0.25, 0.3) is 0 Å². The number of esters is 1. The molecule has 1 saturated heterocycles. The molecule has 0 aromatic rings. The van der Waals surface area contributed by atoms with E-state index in [4.69, 9.17) is 9.47 Å². The van der Waals surface area contributed by atoms with E-state index >= 15 is 0 Å². The van der Waals surface area contributed by atoms with Crippen LogP contribution in [-0.4, -0.2) is 42.5 Å². The van der Waals surface area contributed by atoms with Crippen LogP contribution in [0.2, 0.25) is 0 Å². The van der Waals surface area contributed by atoms with Gasteiger partial charge in [0.05, 0.1) is 18.2 Å². The molecule has 25 heavy (non-hydrogen) atoms. The molecule has 1 amide bonds. The van der Waals surface area contributed by atoms with Gasteiger partial charge in [0.2, 0.25) is 5.91 Å². The minimum atomic E-state index is -0.445. The Bertz CT molecular complexity index is 540. The van der Waals surface area contributed by atoms with Crippen LogP contribution in [0, 0.1) is 5.92 Å². The van der Waals surface area contributed by atoms with Crippen molar-refractivity contribution in [2.75, 3.05) is 0 Å². The first-order chi connectivity index (χ1) is 11.7. The molecule has 1 heterocycles. The summed E-state index contributed by atoms with van der Waals surface area (Å²) in [6.07, 6.45) is 6.63. The standard InChI is InChI=1S/C19H29NO5/c1-12(11-21)6-8-18-13(2)10-17(15(4)25-18)20-19(23)9-7-14(3)24-16(5)22/h6-7,9,11,13-15,17-18H,8,10H2,1-5H3,(H,20,23)/b9-7-,12-6+/t13?,14-,15+,17+,18-/m0/s1. The zero-order valence-electron chi connectivity index (χ0n) is 15.7. The van der Waals surface area contributed by atoms with Gasteiger partial charge >= 0.3 is 5.97 Å². The molecule has 0 aromatic carbocycles. The molecule has 1 aliphatic heterocycles. The number of ether oxygens (including phenoxy) is 2. The van der Waals surface area contributed by atoms with Crippen molar-refractivity contribution in [3.05, 3.63) is 23.8 Å². The van der Waals surface area contributed by atoms with E-state index in [0.717, 1.165) is 12.7 Å². The highest BCUT2D eigenvalue weighted by molar-refractivity contribution is 5.87. The summed E-state index contributed by atoms with van der Waals surface area (Å²) in [5.74, 6) is -0.353. The number of allylic oxidation sites excluding steroid dienone is 1. The summed E-state index contributed by atoms with van der Waals surface area (Å²) in [5.41, 5.74) is 0.700. The number of hydrogen-bond acceptors (Lipinski definition) is 5. The first kappa shape index (κ1) is 21.1. The lowest BCUT2D eigenvalue weighted by atomic mass is 9.88. The fraction of sp³-hybridized carbons (Fsp3) is 0.632. The van der Waals surface area contributed by atoms with E-state index < -0.39 is 6.10 Å². The molecule has 0 radical (unpaired) electrons. The van der Waals surface area contributed by atoms with Crippen LogP contribution < -0.4 is 5.32 Å². The maximum Gasteiger partial charge on any atom is 0.303 e. The first-order valence-electron chi connectivity index (χ1n) is 8.66. The molecule has 1 N–H and O–H groups in total. The molecule has 5 atom stereocenters. The number of amides is 1. The Labute approximate surface area is 149 Å². The monoisotopic (exact) mass is 351 g/mol. The highest BCUT2D eigenvalue weighted by Crippen LogP contribution is 2.27. The lowest BCUT2D eigenvalue weighted by Crippen LogP contribution is -2.50. The maximum absolute atomic E-state index is 12.0. The number of carbonyl (C=O) groups excluding carboxylic acids is 3.